The highest BCUT2D eigenvalue weighted by atomic mass is 32.3. The highest BCUT2D eigenvalue weighted by Gasteiger charge is 2.70. The Morgan fingerprint density at radius 1 is 1.21 bits per heavy atom. The predicted octanol–water partition coefficient (Wildman–Crippen LogP) is 2.80. The van der Waals surface area contributed by atoms with Gasteiger partial charge in [-0.1, -0.05) is 20.3 Å². The molecule has 1 heterocycles. The minimum atomic E-state index is -4.45. The topological polar surface area (TPSA) is 110 Å². The second kappa shape index (κ2) is 6.03. The van der Waals surface area contributed by atoms with Crippen LogP contribution in [-0.4, -0.2) is 42.4 Å². The first-order valence-corrected chi connectivity index (χ1v) is 11.5. The lowest BCUT2D eigenvalue weighted by molar-refractivity contribution is -0.163. The summed E-state index contributed by atoms with van der Waals surface area (Å²) < 4.78 is 40.8. The molecule has 28 heavy (non-hydrogen) atoms. The van der Waals surface area contributed by atoms with Crippen molar-refractivity contribution in [2.75, 3.05) is 6.61 Å². The molecule has 0 unspecified atom stereocenters. The van der Waals surface area contributed by atoms with Crippen molar-refractivity contribution >= 4 is 16.4 Å². The lowest BCUT2D eigenvalue weighted by Gasteiger charge is -2.61. The van der Waals surface area contributed by atoms with Gasteiger partial charge in [0.1, 0.15) is 6.10 Å². The summed E-state index contributed by atoms with van der Waals surface area (Å²) >= 11 is 0. The van der Waals surface area contributed by atoms with Crippen molar-refractivity contribution in [3.63, 3.8) is 0 Å². The average molecular weight is 415 g/mol. The highest BCUT2D eigenvalue weighted by Crippen LogP contribution is 2.68. The van der Waals surface area contributed by atoms with Gasteiger partial charge in [-0.2, -0.15) is 8.42 Å². The summed E-state index contributed by atoms with van der Waals surface area (Å²) in [5.41, 5.74) is -1.30. The molecule has 0 spiro atoms. The molecule has 0 aromatic carbocycles. The molecule has 4 aliphatic rings. The molecular weight excluding hydrogens is 384 g/mol. The van der Waals surface area contributed by atoms with Crippen LogP contribution in [0.3, 0.4) is 0 Å². The van der Waals surface area contributed by atoms with Crippen LogP contribution in [0.1, 0.15) is 65.7 Å². The van der Waals surface area contributed by atoms with Crippen LogP contribution in [0.5, 0.6) is 0 Å². The third-order valence-corrected chi connectivity index (χ3v) is 8.75. The summed E-state index contributed by atoms with van der Waals surface area (Å²) in [6.07, 6.45) is 6.51. The van der Waals surface area contributed by atoms with E-state index in [-0.39, 0.29) is 30.0 Å². The fraction of sp³-hybridized carbons (Fsp3) is 0.850. The van der Waals surface area contributed by atoms with Crippen LogP contribution < -0.4 is 0 Å². The average Bonchev–Trinajstić information content (AvgIpc) is 2.81. The van der Waals surface area contributed by atoms with E-state index in [1.807, 2.05) is 19.9 Å². The molecule has 0 amide bonds. The lowest BCUT2D eigenvalue weighted by Crippen LogP contribution is -2.63. The summed E-state index contributed by atoms with van der Waals surface area (Å²) in [6, 6.07) is 0. The molecule has 7 nitrogen and oxygen atoms in total. The van der Waals surface area contributed by atoms with E-state index >= 15 is 0 Å². The molecule has 0 aromatic heterocycles. The van der Waals surface area contributed by atoms with Gasteiger partial charge in [-0.25, -0.2) is 4.18 Å². The Kier molecular flexibility index (Phi) is 4.37. The highest BCUT2D eigenvalue weighted by molar-refractivity contribution is 7.80. The fourth-order valence-corrected chi connectivity index (χ4v) is 7.00. The minimum Gasteiger partial charge on any atom is -0.457 e. The normalized spacial score (nSPS) is 47.8. The number of carbonyl (C=O) groups is 1. The zero-order chi connectivity index (χ0) is 20.6. The summed E-state index contributed by atoms with van der Waals surface area (Å²) in [6.45, 7) is 6.04. The maximum Gasteiger partial charge on any atom is 0.397 e. The Balaban J connectivity index is 1.64. The second-order valence-corrected chi connectivity index (χ2v) is 11.2. The molecule has 6 atom stereocenters. The standard InChI is InChI=1S/C20H30O7S/c1-17(9-10-26-28(23,24)25)7-8-20(22)13(12-17)11-14-15-18(2,16(21)27-14)5-4-6-19(15,20)3/h11,14-15,22H,4-10,12H2,1-3H3,(H,23,24,25)/t14-,15+,17-,18+,19+,20-/m1/s1. The molecule has 0 radical (unpaired) electrons. The number of hydrogen-bond acceptors (Lipinski definition) is 6. The Labute approximate surface area is 166 Å². The largest absolute Gasteiger partial charge is 0.457 e. The van der Waals surface area contributed by atoms with Crippen LogP contribution in [0.15, 0.2) is 11.6 Å². The summed E-state index contributed by atoms with van der Waals surface area (Å²) in [7, 11) is -4.45. The van der Waals surface area contributed by atoms with Crippen LogP contribution >= 0.6 is 0 Å². The van der Waals surface area contributed by atoms with E-state index in [0.29, 0.717) is 25.7 Å². The molecule has 3 aliphatic carbocycles. The smallest absolute Gasteiger partial charge is 0.397 e. The van der Waals surface area contributed by atoms with Crippen molar-refractivity contribution < 1.29 is 31.8 Å². The maximum absolute atomic E-state index is 12.7. The molecule has 2 saturated carbocycles. The van der Waals surface area contributed by atoms with Crippen LogP contribution in [0, 0.1) is 22.2 Å². The first-order valence-electron chi connectivity index (χ1n) is 10.1. The second-order valence-electron chi connectivity index (χ2n) is 10.1. The van der Waals surface area contributed by atoms with Crippen LogP contribution in [0.2, 0.25) is 0 Å². The molecule has 2 N–H and O–H groups in total. The van der Waals surface area contributed by atoms with E-state index in [1.165, 1.54) is 0 Å². The van der Waals surface area contributed by atoms with Crippen molar-refractivity contribution in [1.29, 1.82) is 0 Å². The zero-order valence-electron chi connectivity index (χ0n) is 16.7. The third-order valence-electron chi connectivity index (χ3n) is 8.29. The molecule has 158 valence electrons. The molecule has 4 rings (SSSR count). The fourth-order valence-electron chi connectivity index (χ4n) is 6.70. The Morgan fingerprint density at radius 2 is 1.93 bits per heavy atom. The zero-order valence-corrected chi connectivity index (χ0v) is 17.5. The molecule has 1 aliphatic heterocycles. The quantitative estimate of drug-likeness (QED) is 0.413. The van der Waals surface area contributed by atoms with Gasteiger partial charge in [0, 0.05) is 11.3 Å². The lowest BCUT2D eigenvalue weighted by atomic mass is 9.43. The van der Waals surface area contributed by atoms with Gasteiger partial charge in [-0.3, -0.25) is 9.35 Å². The summed E-state index contributed by atoms with van der Waals surface area (Å²) in [5.74, 6) is -0.181. The van der Waals surface area contributed by atoms with Gasteiger partial charge in [0.2, 0.25) is 0 Å². The van der Waals surface area contributed by atoms with Crippen molar-refractivity contribution in [1.82, 2.24) is 0 Å². The van der Waals surface area contributed by atoms with E-state index in [4.69, 9.17) is 9.29 Å². The molecule has 8 heteroatoms. The van der Waals surface area contributed by atoms with Gasteiger partial charge in [0.15, 0.2) is 0 Å². The van der Waals surface area contributed by atoms with Gasteiger partial charge in [0.25, 0.3) is 0 Å². The van der Waals surface area contributed by atoms with Gasteiger partial charge in [0.05, 0.1) is 17.6 Å². The number of esters is 1. The third kappa shape index (κ3) is 2.79. The van der Waals surface area contributed by atoms with Crippen LogP contribution in [0.4, 0.5) is 0 Å². The number of carbonyl (C=O) groups excluding carboxylic acids is 1. The molecule has 3 fully saturated rings. The molecule has 1 saturated heterocycles. The molecular formula is C20H30O7S. The number of rotatable bonds is 4. The first kappa shape index (κ1) is 20.3. The van der Waals surface area contributed by atoms with E-state index in [9.17, 15) is 18.3 Å². The predicted molar refractivity (Wildman–Crippen MR) is 101 cm³/mol. The number of aliphatic hydroxyl groups is 1. The van der Waals surface area contributed by atoms with Crippen molar-refractivity contribution in [3.05, 3.63) is 11.6 Å². The van der Waals surface area contributed by atoms with Gasteiger partial charge >= 0.3 is 16.4 Å². The molecule has 0 bridgehead atoms. The van der Waals surface area contributed by atoms with Gasteiger partial charge < -0.3 is 9.84 Å². The monoisotopic (exact) mass is 414 g/mol. The maximum atomic E-state index is 12.7. The SMILES string of the molecule is C[C@]1(CCOS(=O)(=O)O)CC[C@@]2(O)C(=C[C@H]3OC(=O)[C@@]4(C)CCC[C@@]2(C)[C@@H]34)C1. The van der Waals surface area contributed by atoms with Crippen LogP contribution in [0.25, 0.3) is 0 Å². The van der Waals surface area contributed by atoms with Crippen molar-refractivity contribution in [3.8, 4) is 0 Å². The van der Waals surface area contributed by atoms with Crippen molar-refractivity contribution in [2.24, 2.45) is 22.2 Å². The van der Waals surface area contributed by atoms with Gasteiger partial charge in [-0.15, -0.1) is 0 Å². The minimum absolute atomic E-state index is 0.0257. The van der Waals surface area contributed by atoms with E-state index in [1.54, 1.807) is 0 Å². The molecule has 0 aromatic rings. The Morgan fingerprint density at radius 3 is 2.61 bits per heavy atom. The van der Waals surface area contributed by atoms with E-state index in [0.717, 1.165) is 24.8 Å². The Hall–Kier alpha value is -0.960. The van der Waals surface area contributed by atoms with E-state index < -0.39 is 26.8 Å². The summed E-state index contributed by atoms with van der Waals surface area (Å²) in [4.78, 5) is 12.7. The van der Waals surface area contributed by atoms with Gasteiger partial charge in [-0.05, 0) is 62.5 Å². The van der Waals surface area contributed by atoms with Crippen molar-refractivity contribution in [2.45, 2.75) is 77.4 Å². The number of fused-ring (bicyclic) bond motifs is 2. The first-order chi connectivity index (χ1) is 12.8. The number of hydrogen-bond donors (Lipinski definition) is 2. The number of ether oxygens (including phenoxy) is 1. The van der Waals surface area contributed by atoms with Crippen LogP contribution in [-0.2, 0) is 24.1 Å². The Bertz CT molecular complexity index is 835. The van der Waals surface area contributed by atoms with E-state index in [2.05, 4.69) is 11.1 Å². The summed E-state index contributed by atoms with van der Waals surface area (Å²) in [5, 5.41) is 11.9.